The third kappa shape index (κ3) is 2.60. The minimum absolute atomic E-state index is 0.187. The summed E-state index contributed by atoms with van der Waals surface area (Å²) in [6.45, 7) is 0. The third-order valence-electron chi connectivity index (χ3n) is 3.20. The third-order valence-corrected chi connectivity index (χ3v) is 3.20. The van der Waals surface area contributed by atoms with E-state index in [2.05, 4.69) is 0 Å². The van der Waals surface area contributed by atoms with Crippen LogP contribution in [0.15, 0.2) is 71.7 Å². The Hall–Kier alpha value is -2.75. The Morgan fingerprint density at radius 1 is 0.762 bits per heavy atom. The van der Waals surface area contributed by atoms with Gasteiger partial charge in [0.25, 0.3) is 5.56 Å². The zero-order valence-corrected chi connectivity index (χ0v) is 11.0. The lowest BCUT2D eigenvalue weighted by Crippen LogP contribution is -2.17. The highest BCUT2D eigenvalue weighted by atomic mass is 19.1. The van der Waals surface area contributed by atoms with Crippen LogP contribution in [0.1, 0.15) is 0 Å². The van der Waals surface area contributed by atoms with Gasteiger partial charge in [-0.3, -0.25) is 9.36 Å². The van der Waals surface area contributed by atoms with Crippen molar-refractivity contribution in [1.29, 1.82) is 0 Å². The fourth-order valence-corrected chi connectivity index (χ4v) is 2.14. The van der Waals surface area contributed by atoms with E-state index in [1.54, 1.807) is 36.5 Å². The first kappa shape index (κ1) is 13.2. The van der Waals surface area contributed by atoms with Crippen molar-refractivity contribution in [3.63, 3.8) is 0 Å². The summed E-state index contributed by atoms with van der Waals surface area (Å²) in [5, 5.41) is 0. The monoisotopic (exact) mass is 283 g/mol. The molecule has 3 aromatic rings. The highest BCUT2D eigenvalue weighted by Gasteiger charge is 2.07. The molecule has 0 atom stereocenters. The summed E-state index contributed by atoms with van der Waals surface area (Å²) in [5.74, 6) is -0.808. The summed E-state index contributed by atoms with van der Waals surface area (Å²) in [6.07, 6.45) is 1.55. The van der Waals surface area contributed by atoms with Crippen LogP contribution in [0.4, 0.5) is 8.78 Å². The Morgan fingerprint density at radius 3 is 2.14 bits per heavy atom. The van der Waals surface area contributed by atoms with Gasteiger partial charge in [-0.2, -0.15) is 0 Å². The molecular formula is C17H11F2NO. The van der Waals surface area contributed by atoms with Gasteiger partial charge in [0.15, 0.2) is 0 Å². The highest BCUT2D eigenvalue weighted by Crippen LogP contribution is 2.20. The zero-order chi connectivity index (χ0) is 14.8. The quantitative estimate of drug-likeness (QED) is 0.701. The lowest BCUT2D eigenvalue weighted by atomic mass is 10.1. The molecule has 104 valence electrons. The number of rotatable bonds is 2. The number of hydrogen-bond donors (Lipinski definition) is 0. The zero-order valence-electron chi connectivity index (χ0n) is 11.0. The van der Waals surface area contributed by atoms with Gasteiger partial charge < -0.3 is 0 Å². The van der Waals surface area contributed by atoms with E-state index in [1.807, 2.05) is 0 Å². The number of halogens is 2. The Labute approximate surface area is 119 Å². The molecule has 0 saturated carbocycles. The molecule has 0 bridgehead atoms. The smallest absolute Gasteiger partial charge is 0.255 e. The molecule has 0 fully saturated rings. The molecule has 0 aliphatic carbocycles. The van der Waals surface area contributed by atoms with Crippen LogP contribution < -0.4 is 5.56 Å². The molecule has 1 aromatic heterocycles. The molecule has 4 heteroatoms. The normalized spacial score (nSPS) is 10.6. The van der Waals surface area contributed by atoms with Crippen LogP contribution in [0.5, 0.6) is 0 Å². The van der Waals surface area contributed by atoms with E-state index in [0.29, 0.717) is 5.56 Å². The number of nitrogens with zero attached hydrogens (tertiary/aromatic N) is 1. The highest BCUT2D eigenvalue weighted by molar-refractivity contribution is 5.62. The maximum absolute atomic E-state index is 13.8. The van der Waals surface area contributed by atoms with E-state index >= 15 is 0 Å². The largest absolute Gasteiger partial charge is 0.281 e. The first-order chi connectivity index (χ1) is 10.1. The molecular weight excluding hydrogens is 272 g/mol. The van der Waals surface area contributed by atoms with Crippen molar-refractivity contribution in [1.82, 2.24) is 4.57 Å². The van der Waals surface area contributed by atoms with Gasteiger partial charge in [-0.05, 0) is 41.5 Å². The Kier molecular flexibility index (Phi) is 3.36. The van der Waals surface area contributed by atoms with Gasteiger partial charge in [0.2, 0.25) is 0 Å². The average molecular weight is 283 g/mol. The van der Waals surface area contributed by atoms with Crippen molar-refractivity contribution in [2.45, 2.75) is 0 Å². The van der Waals surface area contributed by atoms with Gasteiger partial charge >= 0.3 is 0 Å². The Balaban J connectivity index is 2.15. The fourth-order valence-electron chi connectivity index (χ4n) is 2.14. The van der Waals surface area contributed by atoms with Crippen LogP contribution in [0.2, 0.25) is 0 Å². The van der Waals surface area contributed by atoms with Crippen molar-refractivity contribution < 1.29 is 8.78 Å². The summed E-state index contributed by atoms with van der Waals surface area (Å²) >= 11 is 0. The predicted octanol–water partition coefficient (Wildman–Crippen LogP) is 3.78. The summed E-state index contributed by atoms with van der Waals surface area (Å²) in [4.78, 5) is 11.9. The van der Waals surface area contributed by atoms with Crippen LogP contribution >= 0.6 is 0 Å². The predicted molar refractivity (Wildman–Crippen MR) is 77.4 cm³/mol. The first-order valence-corrected chi connectivity index (χ1v) is 6.39. The van der Waals surface area contributed by atoms with Crippen LogP contribution in [0.3, 0.4) is 0 Å². The second kappa shape index (κ2) is 5.32. The van der Waals surface area contributed by atoms with E-state index in [0.717, 1.165) is 5.56 Å². The number of aromatic nitrogens is 1. The van der Waals surface area contributed by atoms with Crippen molar-refractivity contribution >= 4 is 0 Å². The van der Waals surface area contributed by atoms with Crippen molar-refractivity contribution in [3.05, 3.63) is 88.8 Å². The maximum atomic E-state index is 13.8. The number of hydrogen-bond acceptors (Lipinski definition) is 1. The summed E-state index contributed by atoms with van der Waals surface area (Å²) in [5.41, 5.74) is 1.32. The van der Waals surface area contributed by atoms with Gasteiger partial charge in [-0.15, -0.1) is 0 Å². The van der Waals surface area contributed by atoms with Gasteiger partial charge in [0.05, 0.1) is 5.69 Å². The second-order valence-corrected chi connectivity index (χ2v) is 4.58. The van der Waals surface area contributed by atoms with Crippen molar-refractivity contribution in [2.24, 2.45) is 0 Å². The molecule has 0 amide bonds. The van der Waals surface area contributed by atoms with E-state index in [-0.39, 0.29) is 17.1 Å². The van der Waals surface area contributed by atoms with E-state index < -0.39 is 5.82 Å². The molecule has 1 heterocycles. The Morgan fingerprint density at radius 2 is 1.43 bits per heavy atom. The summed E-state index contributed by atoms with van der Waals surface area (Å²) < 4.78 is 28.0. The summed E-state index contributed by atoms with van der Waals surface area (Å²) in [7, 11) is 0. The molecule has 0 aliphatic rings. The number of pyridine rings is 1. The minimum atomic E-state index is -0.476. The number of benzene rings is 2. The van der Waals surface area contributed by atoms with E-state index in [1.165, 1.54) is 34.9 Å². The van der Waals surface area contributed by atoms with E-state index in [4.69, 9.17) is 0 Å². The number of para-hydroxylation sites is 1. The molecule has 0 saturated heterocycles. The van der Waals surface area contributed by atoms with Crippen molar-refractivity contribution in [3.8, 4) is 16.8 Å². The fraction of sp³-hybridized carbons (Fsp3) is 0. The topological polar surface area (TPSA) is 22.0 Å². The standard InChI is InChI=1S/C17H11F2NO/c18-14-8-5-12(6-9-14)13-7-10-17(21)20(11-13)16-4-2-1-3-15(16)19/h1-11H. The van der Waals surface area contributed by atoms with Crippen LogP contribution in [-0.2, 0) is 0 Å². The lowest BCUT2D eigenvalue weighted by Gasteiger charge is -2.09. The molecule has 21 heavy (non-hydrogen) atoms. The molecule has 2 aromatic carbocycles. The molecule has 2 nitrogen and oxygen atoms in total. The second-order valence-electron chi connectivity index (χ2n) is 4.58. The van der Waals surface area contributed by atoms with Crippen LogP contribution in [0, 0.1) is 11.6 Å². The van der Waals surface area contributed by atoms with Gasteiger partial charge in [-0.25, -0.2) is 8.78 Å². The molecule has 3 rings (SSSR count). The van der Waals surface area contributed by atoms with Gasteiger partial charge in [-0.1, -0.05) is 24.3 Å². The Bertz CT molecular complexity index is 838. The summed E-state index contributed by atoms with van der Waals surface area (Å²) in [6, 6.07) is 15.0. The van der Waals surface area contributed by atoms with Gasteiger partial charge in [0.1, 0.15) is 11.6 Å². The minimum Gasteiger partial charge on any atom is -0.281 e. The molecule has 0 radical (unpaired) electrons. The molecule has 0 N–H and O–H groups in total. The average Bonchev–Trinajstić information content (AvgIpc) is 2.50. The van der Waals surface area contributed by atoms with Crippen molar-refractivity contribution in [2.75, 3.05) is 0 Å². The molecule has 0 aliphatic heterocycles. The van der Waals surface area contributed by atoms with Gasteiger partial charge in [0, 0.05) is 12.3 Å². The van der Waals surface area contributed by atoms with Crippen LogP contribution in [-0.4, -0.2) is 4.57 Å². The first-order valence-electron chi connectivity index (χ1n) is 6.39. The lowest BCUT2D eigenvalue weighted by molar-refractivity contribution is 0.616. The maximum Gasteiger partial charge on any atom is 0.255 e. The molecule has 0 spiro atoms. The van der Waals surface area contributed by atoms with E-state index in [9.17, 15) is 13.6 Å². The SMILES string of the molecule is O=c1ccc(-c2ccc(F)cc2)cn1-c1ccccc1F. The molecule has 0 unspecified atom stereocenters. The van der Waals surface area contributed by atoms with Crippen LogP contribution in [0.25, 0.3) is 16.8 Å².